The van der Waals surface area contributed by atoms with Crippen molar-refractivity contribution in [2.75, 3.05) is 13.6 Å². The van der Waals surface area contributed by atoms with Crippen LogP contribution in [0.15, 0.2) is 28.9 Å². The molecule has 2 heteroatoms. The van der Waals surface area contributed by atoms with Crippen molar-refractivity contribution in [1.29, 1.82) is 0 Å². The maximum Gasteiger partial charge on any atom is 0.0854 e. The first-order chi connectivity index (χ1) is 6.65. The molecule has 0 aromatic carbocycles. The van der Waals surface area contributed by atoms with E-state index in [4.69, 9.17) is 0 Å². The molecule has 2 nitrogen and oxygen atoms in total. The highest BCUT2D eigenvalue weighted by atomic mass is 15.4. The zero-order valence-electron chi connectivity index (χ0n) is 10.0. The van der Waals surface area contributed by atoms with Gasteiger partial charge in [0.15, 0.2) is 0 Å². The van der Waals surface area contributed by atoms with Crippen molar-refractivity contribution in [2.24, 2.45) is 5.10 Å². The largest absolute Gasteiger partial charge is 0.300 e. The van der Waals surface area contributed by atoms with Crippen LogP contribution in [-0.2, 0) is 0 Å². The van der Waals surface area contributed by atoms with E-state index >= 15 is 0 Å². The van der Waals surface area contributed by atoms with Gasteiger partial charge in [0.25, 0.3) is 0 Å². The molecule has 0 atom stereocenters. The molecule has 0 radical (unpaired) electrons. The molecule has 80 valence electrons. The Bertz CT molecular complexity index is 237. The second-order valence-electron chi connectivity index (χ2n) is 3.25. The summed E-state index contributed by atoms with van der Waals surface area (Å²) in [5.74, 6) is 0. The van der Waals surface area contributed by atoms with Gasteiger partial charge in [0.2, 0.25) is 0 Å². The summed E-state index contributed by atoms with van der Waals surface area (Å²) in [5.41, 5.74) is 2.30. The van der Waals surface area contributed by atoms with Crippen molar-refractivity contribution in [3.05, 3.63) is 23.8 Å². The Morgan fingerprint density at radius 1 is 1.36 bits per heavy atom. The van der Waals surface area contributed by atoms with E-state index < -0.39 is 0 Å². The van der Waals surface area contributed by atoms with Gasteiger partial charge in [-0.1, -0.05) is 19.1 Å². The molecule has 0 aromatic heterocycles. The van der Waals surface area contributed by atoms with Crippen LogP contribution in [0.25, 0.3) is 0 Å². The van der Waals surface area contributed by atoms with Gasteiger partial charge in [0, 0.05) is 13.6 Å². The lowest BCUT2D eigenvalue weighted by Crippen LogP contribution is -2.13. The summed E-state index contributed by atoms with van der Waals surface area (Å²) < 4.78 is 0. The highest BCUT2D eigenvalue weighted by Crippen LogP contribution is 2.02. The Labute approximate surface area is 88.0 Å². The molecule has 0 rings (SSSR count). The van der Waals surface area contributed by atoms with E-state index in [1.165, 1.54) is 5.57 Å². The minimum absolute atomic E-state index is 0.931. The second-order valence-corrected chi connectivity index (χ2v) is 3.25. The third kappa shape index (κ3) is 4.85. The Hall–Kier alpha value is -1.05. The van der Waals surface area contributed by atoms with Crippen LogP contribution in [-0.4, -0.2) is 24.3 Å². The highest BCUT2D eigenvalue weighted by Gasteiger charge is 1.98. The summed E-state index contributed by atoms with van der Waals surface area (Å²) in [5, 5.41) is 6.44. The van der Waals surface area contributed by atoms with E-state index in [0.717, 1.165) is 18.7 Å². The van der Waals surface area contributed by atoms with Gasteiger partial charge in [0.05, 0.1) is 5.71 Å². The number of hydrogen-bond donors (Lipinski definition) is 0. The fraction of sp³-hybridized carbons (Fsp3) is 0.583. The van der Waals surface area contributed by atoms with Gasteiger partial charge in [-0.25, -0.2) is 0 Å². The van der Waals surface area contributed by atoms with Crippen LogP contribution >= 0.6 is 0 Å². The number of rotatable bonds is 5. The van der Waals surface area contributed by atoms with E-state index in [1.54, 1.807) is 0 Å². The molecule has 0 saturated heterocycles. The Morgan fingerprint density at radius 2 is 2.00 bits per heavy atom. The van der Waals surface area contributed by atoms with Crippen LogP contribution in [0.5, 0.6) is 0 Å². The van der Waals surface area contributed by atoms with Crippen molar-refractivity contribution in [1.82, 2.24) is 5.01 Å². The van der Waals surface area contributed by atoms with Crippen LogP contribution in [0.2, 0.25) is 0 Å². The SMILES string of the molecule is C/C=C/C(=N\N(C)CC)C(/C)=C\CC. The summed E-state index contributed by atoms with van der Waals surface area (Å²) in [6.07, 6.45) is 7.32. The number of allylic oxidation sites excluding steroid dienone is 4. The number of nitrogens with zero attached hydrogens (tertiary/aromatic N) is 2. The van der Waals surface area contributed by atoms with Gasteiger partial charge in [-0.15, -0.1) is 0 Å². The lowest BCUT2D eigenvalue weighted by molar-refractivity contribution is 0.376. The molecule has 0 amide bonds. The molecule has 0 aliphatic rings. The fourth-order valence-electron chi connectivity index (χ4n) is 1.07. The monoisotopic (exact) mass is 194 g/mol. The maximum absolute atomic E-state index is 4.50. The summed E-state index contributed by atoms with van der Waals surface area (Å²) >= 11 is 0. The molecule has 0 aromatic rings. The first kappa shape index (κ1) is 12.9. The third-order valence-electron chi connectivity index (χ3n) is 1.97. The zero-order chi connectivity index (χ0) is 11.0. The molecule has 0 spiro atoms. The molecule has 14 heavy (non-hydrogen) atoms. The van der Waals surface area contributed by atoms with Gasteiger partial charge < -0.3 is 0 Å². The molecule has 0 fully saturated rings. The second kappa shape index (κ2) is 7.36. The standard InChI is InChI=1S/C12H22N2/c1-6-9-11(4)12(10-7-2)13-14(5)8-3/h7,9-10H,6,8H2,1-5H3/b10-7+,11-9-,13-12+. The lowest BCUT2D eigenvalue weighted by atomic mass is 10.1. The molecular formula is C12H22N2. The Kier molecular flexibility index (Phi) is 6.81. The van der Waals surface area contributed by atoms with Crippen LogP contribution in [0.4, 0.5) is 0 Å². The molecule has 0 saturated carbocycles. The molecule has 0 aliphatic carbocycles. The minimum atomic E-state index is 0.931. The number of hydrazone groups is 1. The van der Waals surface area contributed by atoms with Crippen molar-refractivity contribution < 1.29 is 0 Å². The topological polar surface area (TPSA) is 15.6 Å². The average Bonchev–Trinajstić information content (AvgIpc) is 2.17. The van der Waals surface area contributed by atoms with Gasteiger partial charge in [-0.3, -0.25) is 5.01 Å². The van der Waals surface area contributed by atoms with Gasteiger partial charge in [-0.05, 0) is 38.8 Å². The van der Waals surface area contributed by atoms with Gasteiger partial charge in [-0.2, -0.15) is 5.10 Å². The molecule has 0 bridgehead atoms. The summed E-state index contributed by atoms with van der Waals surface area (Å²) in [4.78, 5) is 0. The quantitative estimate of drug-likeness (QED) is 0.484. The summed E-state index contributed by atoms with van der Waals surface area (Å²) in [6.45, 7) is 9.28. The van der Waals surface area contributed by atoms with Crippen molar-refractivity contribution >= 4 is 5.71 Å². The molecular weight excluding hydrogens is 172 g/mol. The minimum Gasteiger partial charge on any atom is -0.300 e. The van der Waals surface area contributed by atoms with Crippen molar-refractivity contribution in [3.63, 3.8) is 0 Å². The van der Waals surface area contributed by atoms with E-state index in [2.05, 4.69) is 31.9 Å². The van der Waals surface area contributed by atoms with E-state index in [-0.39, 0.29) is 0 Å². The Morgan fingerprint density at radius 3 is 2.43 bits per heavy atom. The predicted octanol–water partition coefficient (Wildman–Crippen LogP) is 3.23. The summed E-state index contributed by atoms with van der Waals surface area (Å²) in [7, 11) is 1.99. The van der Waals surface area contributed by atoms with Gasteiger partial charge in [0.1, 0.15) is 0 Å². The normalized spacial score (nSPS) is 13.8. The van der Waals surface area contributed by atoms with Crippen molar-refractivity contribution in [3.8, 4) is 0 Å². The van der Waals surface area contributed by atoms with E-state index in [9.17, 15) is 0 Å². The highest BCUT2D eigenvalue weighted by molar-refractivity contribution is 6.07. The summed E-state index contributed by atoms with van der Waals surface area (Å²) in [6, 6.07) is 0. The zero-order valence-corrected chi connectivity index (χ0v) is 10.0. The van der Waals surface area contributed by atoms with Crippen LogP contribution < -0.4 is 0 Å². The van der Waals surface area contributed by atoms with E-state index in [0.29, 0.717) is 0 Å². The molecule has 0 N–H and O–H groups in total. The number of hydrogen-bond acceptors (Lipinski definition) is 2. The average molecular weight is 194 g/mol. The molecule has 0 unspecified atom stereocenters. The first-order valence-corrected chi connectivity index (χ1v) is 5.25. The molecule has 0 aliphatic heterocycles. The van der Waals surface area contributed by atoms with E-state index in [1.807, 2.05) is 31.1 Å². The lowest BCUT2D eigenvalue weighted by Gasteiger charge is -2.11. The van der Waals surface area contributed by atoms with Gasteiger partial charge >= 0.3 is 0 Å². The molecule has 0 heterocycles. The van der Waals surface area contributed by atoms with Crippen molar-refractivity contribution in [2.45, 2.75) is 34.1 Å². The smallest absolute Gasteiger partial charge is 0.0854 e. The first-order valence-electron chi connectivity index (χ1n) is 5.25. The fourth-order valence-corrected chi connectivity index (χ4v) is 1.07. The Balaban J connectivity index is 4.75. The predicted molar refractivity (Wildman–Crippen MR) is 64.6 cm³/mol. The van der Waals surface area contributed by atoms with Crippen LogP contribution in [0, 0.1) is 0 Å². The van der Waals surface area contributed by atoms with Crippen LogP contribution in [0.1, 0.15) is 34.1 Å². The third-order valence-corrected chi connectivity index (χ3v) is 1.97. The maximum atomic E-state index is 4.50. The van der Waals surface area contributed by atoms with Crippen LogP contribution in [0.3, 0.4) is 0 Å².